The number of morpholine rings is 1. The van der Waals surface area contributed by atoms with E-state index in [1.54, 1.807) is 6.08 Å². The maximum absolute atomic E-state index is 12.2. The van der Waals surface area contributed by atoms with Crippen molar-refractivity contribution in [3.05, 3.63) is 22.8 Å². The number of thioether (sulfide) groups is 1. The van der Waals surface area contributed by atoms with Crippen LogP contribution in [0.25, 0.3) is 6.08 Å². The lowest BCUT2D eigenvalue weighted by Crippen LogP contribution is -2.38. The summed E-state index contributed by atoms with van der Waals surface area (Å²) in [7, 11) is 0. The zero-order chi connectivity index (χ0) is 16.4. The fourth-order valence-electron chi connectivity index (χ4n) is 3.12. The van der Waals surface area contributed by atoms with Crippen LogP contribution in [0.3, 0.4) is 0 Å². The molecule has 0 N–H and O–H groups in total. The first-order valence-electron chi connectivity index (χ1n) is 8.50. The molecule has 0 radical (unpaired) electrons. The molecule has 2 fully saturated rings. The van der Waals surface area contributed by atoms with Crippen LogP contribution in [0.4, 0.5) is 5.88 Å². The van der Waals surface area contributed by atoms with Crippen molar-refractivity contribution in [2.75, 3.05) is 44.3 Å². The van der Waals surface area contributed by atoms with Gasteiger partial charge in [0.05, 0.1) is 18.1 Å². The summed E-state index contributed by atoms with van der Waals surface area (Å²) in [6.07, 6.45) is 5.52. The molecule has 0 aromatic carbocycles. The van der Waals surface area contributed by atoms with E-state index in [0.29, 0.717) is 23.9 Å². The molecule has 24 heavy (non-hydrogen) atoms. The second-order valence-electron chi connectivity index (χ2n) is 6.13. The molecule has 3 aliphatic rings. The molecule has 0 saturated carbocycles. The second-order valence-corrected chi connectivity index (χ2v) is 7.14. The lowest BCUT2D eigenvalue weighted by Gasteiger charge is -2.27. The number of piperidine rings is 1. The van der Waals surface area contributed by atoms with E-state index in [1.165, 1.54) is 31.0 Å². The van der Waals surface area contributed by atoms with Gasteiger partial charge in [-0.05, 0) is 37.1 Å². The molecule has 4 heterocycles. The lowest BCUT2D eigenvalue weighted by molar-refractivity contribution is -0.113. The Kier molecular flexibility index (Phi) is 4.62. The molecule has 4 rings (SSSR count). The maximum atomic E-state index is 12.2. The molecule has 0 bridgehead atoms. The van der Waals surface area contributed by atoms with Gasteiger partial charge in [0.1, 0.15) is 5.76 Å². The number of carbonyl (C=O) groups is 1. The van der Waals surface area contributed by atoms with Crippen LogP contribution in [0.5, 0.6) is 0 Å². The second kappa shape index (κ2) is 7.03. The van der Waals surface area contributed by atoms with Crippen LogP contribution in [0.15, 0.2) is 26.4 Å². The summed E-state index contributed by atoms with van der Waals surface area (Å²) >= 11 is 1.42. The molecular formula is C17H21N3O3S. The first-order valence-corrected chi connectivity index (χ1v) is 9.31. The summed E-state index contributed by atoms with van der Waals surface area (Å²) in [6.45, 7) is 5.02. The Morgan fingerprint density at radius 3 is 2.62 bits per heavy atom. The van der Waals surface area contributed by atoms with E-state index in [2.05, 4.69) is 14.8 Å². The van der Waals surface area contributed by atoms with E-state index in [9.17, 15) is 4.79 Å². The lowest BCUT2D eigenvalue weighted by atomic mass is 10.1. The third kappa shape index (κ3) is 3.37. The molecule has 0 spiro atoms. The molecule has 1 amide bonds. The molecular weight excluding hydrogens is 326 g/mol. The number of furan rings is 1. The predicted octanol–water partition coefficient (Wildman–Crippen LogP) is 2.57. The van der Waals surface area contributed by atoms with Gasteiger partial charge in [-0.25, -0.2) is 0 Å². The van der Waals surface area contributed by atoms with Gasteiger partial charge in [0.2, 0.25) is 0 Å². The fourth-order valence-corrected chi connectivity index (χ4v) is 4.07. The predicted molar refractivity (Wildman–Crippen MR) is 95.2 cm³/mol. The average Bonchev–Trinajstić information content (AvgIpc) is 3.24. The minimum Gasteiger partial charge on any atom is -0.441 e. The van der Waals surface area contributed by atoms with Crippen molar-refractivity contribution < 1.29 is 13.9 Å². The number of hydrogen-bond donors (Lipinski definition) is 0. The molecule has 0 atom stereocenters. The van der Waals surface area contributed by atoms with Crippen molar-refractivity contribution >= 4 is 34.8 Å². The Morgan fingerprint density at radius 2 is 1.83 bits per heavy atom. The summed E-state index contributed by atoms with van der Waals surface area (Å²) in [5.74, 6) is 1.42. The molecule has 1 aromatic rings. The smallest absolute Gasteiger partial charge is 0.286 e. The van der Waals surface area contributed by atoms with Gasteiger partial charge in [0, 0.05) is 38.3 Å². The van der Waals surface area contributed by atoms with Gasteiger partial charge in [-0.2, -0.15) is 4.99 Å². The maximum Gasteiger partial charge on any atom is 0.286 e. The standard InChI is InChI=1S/C17H21N3O3S/c21-16-14(24-17(18-16)20-8-10-22-11-9-20)12-13-4-5-15(23-13)19-6-2-1-3-7-19/h4-5,12H,1-3,6-11H2/b14-12-. The average molecular weight is 347 g/mol. The van der Waals surface area contributed by atoms with E-state index in [-0.39, 0.29) is 5.91 Å². The number of rotatable bonds is 2. The van der Waals surface area contributed by atoms with E-state index in [1.807, 2.05) is 12.1 Å². The van der Waals surface area contributed by atoms with E-state index < -0.39 is 0 Å². The van der Waals surface area contributed by atoms with Crippen LogP contribution in [-0.4, -0.2) is 55.4 Å². The van der Waals surface area contributed by atoms with Gasteiger partial charge in [0.25, 0.3) is 5.91 Å². The van der Waals surface area contributed by atoms with Crippen molar-refractivity contribution in [1.29, 1.82) is 0 Å². The summed E-state index contributed by atoms with van der Waals surface area (Å²) in [5.41, 5.74) is 0. The summed E-state index contributed by atoms with van der Waals surface area (Å²) in [6, 6.07) is 3.92. The number of amidine groups is 1. The summed E-state index contributed by atoms with van der Waals surface area (Å²) in [5, 5.41) is 0.775. The van der Waals surface area contributed by atoms with Crippen molar-refractivity contribution in [2.45, 2.75) is 19.3 Å². The van der Waals surface area contributed by atoms with E-state index in [0.717, 1.165) is 37.2 Å². The van der Waals surface area contributed by atoms with Crippen LogP contribution < -0.4 is 4.90 Å². The molecule has 128 valence electrons. The third-order valence-electron chi connectivity index (χ3n) is 4.44. The van der Waals surface area contributed by atoms with E-state index >= 15 is 0 Å². The Bertz CT molecular complexity index is 670. The number of anilines is 1. The zero-order valence-electron chi connectivity index (χ0n) is 13.6. The quantitative estimate of drug-likeness (QED) is 0.767. The van der Waals surface area contributed by atoms with Crippen LogP contribution >= 0.6 is 11.8 Å². The summed E-state index contributed by atoms with van der Waals surface area (Å²) < 4.78 is 11.3. The highest BCUT2D eigenvalue weighted by Crippen LogP contribution is 2.32. The minimum atomic E-state index is -0.183. The zero-order valence-corrected chi connectivity index (χ0v) is 14.4. The topological polar surface area (TPSA) is 58.3 Å². The van der Waals surface area contributed by atoms with Gasteiger partial charge in [-0.3, -0.25) is 4.79 Å². The van der Waals surface area contributed by atoms with Crippen LogP contribution in [0.2, 0.25) is 0 Å². The molecule has 1 aromatic heterocycles. The number of nitrogens with zero attached hydrogens (tertiary/aromatic N) is 3. The van der Waals surface area contributed by atoms with Gasteiger partial charge in [0.15, 0.2) is 11.1 Å². The van der Waals surface area contributed by atoms with Crippen LogP contribution in [0, 0.1) is 0 Å². The van der Waals surface area contributed by atoms with Gasteiger partial charge < -0.3 is 19.0 Å². The Morgan fingerprint density at radius 1 is 1.04 bits per heavy atom. The van der Waals surface area contributed by atoms with Crippen molar-refractivity contribution in [2.24, 2.45) is 4.99 Å². The van der Waals surface area contributed by atoms with Crippen molar-refractivity contribution in [3.63, 3.8) is 0 Å². The first-order chi connectivity index (χ1) is 11.8. The van der Waals surface area contributed by atoms with Crippen LogP contribution in [-0.2, 0) is 9.53 Å². The van der Waals surface area contributed by atoms with Gasteiger partial charge in [-0.15, -0.1) is 0 Å². The molecule has 6 nitrogen and oxygen atoms in total. The largest absolute Gasteiger partial charge is 0.441 e. The van der Waals surface area contributed by atoms with E-state index in [4.69, 9.17) is 9.15 Å². The molecule has 0 unspecified atom stereocenters. The van der Waals surface area contributed by atoms with Crippen molar-refractivity contribution in [3.8, 4) is 0 Å². The molecule has 3 aliphatic heterocycles. The number of amides is 1. The Labute approximate surface area is 145 Å². The van der Waals surface area contributed by atoms with Crippen LogP contribution in [0.1, 0.15) is 25.0 Å². The normalized spacial score (nSPS) is 23.9. The Hall–Kier alpha value is -1.73. The minimum absolute atomic E-state index is 0.183. The fraction of sp³-hybridized carbons (Fsp3) is 0.529. The number of carbonyl (C=O) groups excluding carboxylic acids is 1. The number of hydrogen-bond acceptors (Lipinski definition) is 6. The Balaban J connectivity index is 1.44. The number of aliphatic imine (C=N–C) groups is 1. The third-order valence-corrected chi connectivity index (χ3v) is 5.49. The molecule has 0 aliphatic carbocycles. The monoisotopic (exact) mass is 347 g/mol. The highest BCUT2D eigenvalue weighted by Gasteiger charge is 2.27. The molecule has 2 saturated heterocycles. The SMILES string of the molecule is O=C1N=C(N2CCOCC2)S/C1=C\c1ccc(N2CCCCC2)o1. The highest BCUT2D eigenvalue weighted by atomic mass is 32.2. The highest BCUT2D eigenvalue weighted by molar-refractivity contribution is 8.18. The number of ether oxygens (including phenoxy) is 1. The van der Waals surface area contributed by atoms with Crippen molar-refractivity contribution in [1.82, 2.24) is 4.90 Å². The first kappa shape index (κ1) is 15.8. The molecule has 7 heteroatoms. The van der Waals surface area contributed by atoms with Gasteiger partial charge >= 0.3 is 0 Å². The van der Waals surface area contributed by atoms with Gasteiger partial charge in [-0.1, -0.05) is 0 Å². The summed E-state index contributed by atoms with van der Waals surface area (Å²) in [4.78, 5) is 21.3.